The molecule has 0 aliphatic rings. The van der Waals surface area contributed by atoms with Gasteiger partial charge in [0, 0.05) is 11.8 Å². The zero-order chi connectivity index (χ0) is 10.1. The zero-order valence-electron chi connectivity index (χ0n) is 8.50. The molecule has 2 rings (SSSR count). The van der Waals surface area contributed by atoms with Gasteiger partial charge in [0.1, 0.15) is 0 Å². The van der Waals surface area contributed by atoms with E-state index in [2.05, 4.69) is 24.2 Å². The Morgan fingerprint density at radius 3 is 2.86 bits per heavy atom. The molecular formula is C11H14N2O. The predicted octanol–water partition coefficient (Wildman–Crippen LogP) is 1.95. The van der Waals surface area contributed by atoms with Crippen LogP contribution in [-0.2, 0) is 6.42 Å². The zero-order valence-corrected chi connectivity index (χ0v) is 8.50. The second kappa shape index (κ2) is 3.42. The first kappa shape index (κ1) is 9.21. The highest BCUT2D eigenvalue weighted by Crippen LogP contribution is 2.23. The third-order valence-electron chi connectivity index (χ3n) is 2.36. The average molecular weight is 190 g/mol. The molecule has 2 N–H and O–H groups in total. The Morgan fingerprint density at radius 1 is 1.36 bits per heavy atom. The quantitative estimate of drug-likeness (QED) is 0.787. The van der Waals surface area contributed by atoms with Crippen molar-refractivity contribution in [1.29, 1.82) is 0 Å². The van der Waals surface area contributed by atoms with Crippen LogP contribution < -0.4 is 5.73 Å². The van der Waals surface area contributed by atoms with Crippen LogP contribution in [0, 0.1) is 13.8 Å². The Balaban J connectivity index is 2.66. The van der Waals surface area contributed by atoms with Crippen LogP contribution in [0.4, 0.5) is 0 Å². The van der Waals surface area contributed by atoms with Crippen molar-refractivity contribution in [2.75, 3.05) is 6.54 Å². The first-order chi connectivity index (χ1) is 6.72. The number of hydrogen-bond acceptors (Lipinski definition) is 3. The van der Waals surface area contributed by atoms with Gasteiger partial charge >= 0.3 is 0 Å². The molecular weight excluding hydrogens is 176 g/mol. The van der Waals surface area contributed by atoms with Gasteiger partial charge in [0.25, 0.3) is 0 Å². The second-order valence-corrected chi connectivity index (χ2v) is 3.63. The SMILES string of the molecule is Cc1cc(C)c2onc(CCN)c2c1. The maximum atomic E-state index is 5.51. The number of nitrogens with two attached hydrogens (primary N) is 1. The molecule has 1 heterocycles. The van der Waals surface area contributed by atoms with E-state index in [0.717, 1.165) is 28.6 Å². The summed E-state index contributed by atoms with van der Waals surface area (Å²) in [6.45, 7) is 4.72. The van der Waals surface area contributed by atoms with E-state index in [1.165, 1.54) is 5.56 Å². The Bertz CT molecular complexity index is 460. The van der Waals surface area contributed by atoms with Crippen LogP contribution in [0.2, 0.25) is 0 Å². The van der Waals surface area contributed by atoms with E-state index in [9.17, 15) is 0 Å². The number of aromatic nitrogens is 1. The van der Waals surface area contributed by atoms with E-state index in [4.69, 9.17) is 10.3 Å². The van der Waals surface area contributed by atoms with Crippen LogP contribution in [0.15, 0.2) is 16.7 Å². The van der Waals surface area contributed by atoms with Crippen molar-refractivity contribution >= 4 is 11.0 Å². The highest BCUT2D eigenvalue weighted by molar-refractivity contribution is 5.83. The molecule has 0 aliphatic carbocycles. The Kier molecular flexibility index (Phi) is 2.25. The van der Waals surface area contributed by atoms with Crippen LogP contribution in [0.5, 0.6) is 0 Å². The van der Waals surface area contributed by atoms with Crippen LogP contribution in [0.25, 0.3) is 11.0 Å². The van der Waals surface area contributed by atoms with Crippen molar-refractivity contribution in [2.45, 2.75) is 20.3 Å². The summed E-state index contributed by atoms with van der Waals surface area (Å²) in [6, 6.07) is 4.20. The molecule has 1 aromatic carbocycles. The summed E-state index contributed by atoms with van der Waals surface area (Å²) < 4.78 is 5.28. The largest absolute Gasteiger partial charge is 0.356 e. The molecule has 1 aromatic heterocycles. The first-order valence-corrected chi connectivity index (χ1v) is 4.78. The van der Waals surface area contributed by atoms with Gasteiger partial charge in [0.05, 0.1) is 5.69 Å². The molecule has 3 heteroatoms. The van der Waals surface area contributed by atoms with E-state index >= 15 is 0 Å². The third kappa shape index (κ3) is 1.40. The van der Waals surface area contributed by atoms with Crippen molar-refractivity contribution in [3.8, 4) is 0 Å². The molecule has 2 aromatic rings. The Labute approximate surface area is 82.9 Å². The van der Waals surface area contributed by atoms with Crippen molar-refractivity contribution in [1.82, 2.24) is 5.16 Å². The van der Waals surface area contributed by atoms with Gasteiger partial charge in [-0.3, -0.25) is 0 Å². The topological polar surface area (TPSA) is 52.0 Å². The molecule has 0 saturated heterocycles. The summed E-state index contributed by atoms with van der Waals surface area (Å²) in [7, 11) is 0. The van der Waals surface area contributed by atoms with Crippen molar-refractivity contribution in [3.05, 3.63) is 29.0 Å². The first-order valence-electron chi connectivity index (χ1n) is 4.78. The number of rotatable bonds is 2. The van der Waals surface area contributed by atoms with E-state index in [1.54, 1.807) is 0 Å². The molecule has 0 bridgehead atoms. The lowest BCUT2D eigenvalue weighted by atomic mass is 10.1. The summed E-state index contributed by atoms with van der Waals surface area (Å²) in [5.74, 6) is 0. The summed E-state index contributed by atoms with van der Waals surface area (Å²) >= 11 is 0. The van der Waals surface area contributed by atoms with Crippen molar-refractivity contribution in [2.24, 2.45) is 5.73 Å². The lowest BCUT2D eigenvalue weighted by molar-refractivity contribution is 0.445. The fourth-order valence-corrected chi connectivity index (χ4v) is 1.76. The molecule has 0 amide bonds. The van der Waals surface area contributed by atoms with Gasteiger partial charge in [0.15, 0.2) is 5.58 Å². The highest BCUT2D eigenvalue weighted by Gasteiger charge is 2.09. The van der Waals surface area contributed by atoms with Gasteiger partial charge in [-0.2, -0.15) is 0 Å². The maximum absolute atomic E-state index is 5.51. The summed E-state index contributed by atoms with van der Waals surface area (Å²) in [5.41, 5.74) is 9.73. The van der Waals surface area contributed by atoms with Crippen LogP contribution in [0.1, 0.15) is 16.8 Å². The molecule has 0 spiro atoms. The molecule has 74 valence electrons. The minimum Gasteiger partial charge on any atom is -0.356 e. The van der Waals surface area contributed by atoms with Gasteiger partial charge in [-0.15, -0.1) is 0 Å². The fourth-order valence-electron chi connectivity index (χ4n) is 1.76. The van der Waals surface area contributed by atoms with E-state index in [1.807, 2.05) is 6.92 Å². The van der Waals surface area contributed by atoms with Gasteiger partial charge in [0.2, 0.25) is 0 Å². The Hall–Kier alpha value is -1.35. The van der Waals surface area contributed by atoms with Gasteiger partial charge in [-0.25, -0.2) is 0 Å². The number of hydrogen-bond donors (Lipinski definition) is 1. The molecule has 0 aliphatic heterocycles. The molecule has 0 atom stereocenters. The van der Waals surface area contributed by atoms with Crippen LogP contribution in [-0.4, -0.2) is 11.7 Å². The lowest BCUT2D eigenvalue weighted by Crippen LogP contribution is -2.02. The smallest absolute Gasteiger partial charge is 0.170 e. The maximum Gasteiger partial charge on any atom is 0.170 e. The number of fused-ring (bicyclic) bond motifs is 1. The molecule has 3 nitrogen and oxygen atoms in total. The van der Waals surface area contributed by atoms with Crippen LogP contribution in [0.3, 0.4) is 0 Å². The Morgan fingerprint density at radius 2 is 2.14 bits per heavy atom. The van der Waals surface area contributed by atoms with E-state index < -0.39 is 0 Å². The van der Waals surface area contributed by atoms with Crippen molar-refractivity contribution in [3.63, 3.8) is 0 Å². The molecule has 0 radical (unpaired) electrons. The minimum atomic E-state index is 0.606. The highest BCUT2D eigenvalue weighted by atomic mass is 16.5. The number of nitrogens with zero attached hydrogens (tertiary/aromatic N) is 1. The molecule has 0 fully saturated rings. The van der Waals surface area contributed by atoms with Gasteiger partial charge in [-0.05, 0) is 37.6 Å². The fraction of sp³-hybridized carbons (Fsp3) is 0.364. The monoisotopic (exact) mass is 190 g/mol. The second-order valence-electron chi connectivity index (χ2n) is 3.63. The molecule has 0 unspecified atom stereocenters. The standard InChI is InChI=1S/C11H14N2O/c1-7-5-8(2)11-9(6-7)10(3-4-12)13-14-11/h5-6H,3-4,12H2,1-2H3. The summed E-state index contributed by atoms with van der Waals surface area (Å²) in [4.78, 5) is 0. The molecule has 0 saturated carbocycles. The van der Waals surface area contributed by atoms with Crippen LogP contribution >= 0.6 is 0 Å². The summed E-state index contributed by atoms with van der Waals surface area (Å²) in [5, 5.41) is 5.14. The molecule has 14 heavy (non-hydrogen) atoms. The summed E-state index contributed by atoms with van der Waals surface area (Å²) in [6.07, 6.45) is 0.774. The number of benzene rings is 1. The number of aryl methyl sites for hydroxylation is 2. The normalized spacial score (nSPS) is 11.1. The minimum absolute atomic E-state index is 0.606. The van der Waals surface area contributed by atoms with E-state index in [-0.39, 0.29) is 0 Å². The third-order valence-corrected chi connectivity index (χ3v) is 2.36. The van der Waals surface area contributed by atoms with Crippen molar-refractivity contribution < 1.29 is 4.52 Å². The van der Waals surface area contributed by atoms with Gasteiger partial charge < -0.3 is 10.3 Å². The average Bonchev–Trinajstić information content (AvgIpc) is 2.49. The van der Waals surface area contributed by atoms with Gasteiger partial charge in [-0.1, -0.05) is 11.2 Å². The van der Waals surface area contributed by atoms with E-state index in [0.29, 0.717) is 6.54 Å². The lowest BCUT2D eigenvalue weighted by Gasteiger charge is -1.97. The predicted molar refractivity (Wildman–Crippen MR) is 56.2 cm³/mol.